The van der Waals surface area contributed by atoms with E-state index in [1.807, 2.05) is 4.90 Å². The summed E-state index contributed by atoms with van der Waals surface area (Å²) in [6.07, 6.45) is 12.0. The van der Waals surface area contributed by atoms with Crippen molar-refractivity contribution in [2.24, 2.45) is 0 Å². The zero-order valence-electron chi connectivity index (χ0n) is 11.2. The fourth-order valence-electron chi connectivity index (χ4n) is 1.94. The molecule has 100 valence electrons. The Balaban J connectivity index is 3.29. The summed E-state index contributed by atoms with van der Waals surface area (Å²) in [5, 5.41) is 0. The van der Waals surface area contributed by atoms with Crippen molar-refractivity contribution >= 4 is 12.6 Å². The Hall–Kier alpha value is -0.700. The second-order valence-corrected chi connectivity index (χ2v) is 4.57. The van der Waals surface area contributed by atoms with E-state index < -0.39 is 0 Å². The highest BCUT2D eigenvalue weighted by atomic mass is 16.1. The molecule has 0 atom stereocenters. The SMILES string of the molecule is CCCCCCCCCCN(CC=O)CC=O. The van der Waals surface area contributed by atoms with E-state index in [-0.39, 0.29) is 0 Å². The summed E-state index contributed by atoms with van der Waals surface area (Å²) in [6.45, 7) is 3.87. The van der Waals surface area contributed by atoms with E-state index in [1.165, 1.54) is 44.9 Å². The molecule has 0 aromatic rings. The first-order chi connectivity index (χ1) is 8.35. The molecule has 0 radical (unpaired) electrons. The van der Waals surface area contributed by atoms with Crippen molar-refractivity contribution in [2.75, 3.05) is 19.6 Å². The normalized spacial score (nSPS) is 10.7. The predicted molar refractivity (Wildman–Crippen MR) is 71.2 cm³/mol. The van der Waals surface area contributed by atoms with Crippen LogP contribution in [0.15, 0.2) is 0 Å². The molecule has 0 saturated carbocycles. The van der Waals surface area contributed by atoms with Crippen molar-refractivity contribution in [1.82, 2.24) is 4.90 Å². The van der Waals surface area contributed by atoms with E-state index in [0.717, 1.165) is 25.5 Å². The molecule has 0 aromatic heterocycles. The van der Waals surface area contributed by atoms with Gasteiger partial charge in [-0.1, -0.05) is 51.9 Å². The van der Waals surface area contributed by atoms with Gasteiger partial charge in [0, 0.05) is 0 Å². The Kier molecular flexibility index (Phi) is 12.8. The molecule has 0 bridgehead atoms. The Morgan fingerprint density at radius 1 is 0.765 bits per heavy atom. The lowest BCUT2D eigenvalue weighted by Crippen LogP contribution is -2.28. The molecule has 0 aliphatic carbocycles. The average Bonchev–Trinajstić information content (AvgIpc) is 2.33. The first-order valence-electron chi connectivity index (χ1n) is 6.94. The second-order valence-electron chi connectivity index (χ2n) is 4.57. The van der Waals surface area contributed by atoms with E-state index in [9.17, 15) is 9.59 Å². The van der Waals surface area contributed by atoms with Crippen LogP contribution in [0.1, 0.15) is 58.3 Å². The maximum Gasteiger partial charge on any atom is 0.133 e. The van der Waals surface area contributed by atoms with Crippen LogP contribution in [0.5, 0.6) is 0 Å². The van der Waals surface area contributed by atoms with Crippen LogP contribution in [0.4, 0.5) is 0 Å². The van der Waals surface area contributed by atoms with Gasteiger partial charge in [0.15, 0.2) is 0 Å². The minimum absolute atomic E-state index is 0.384. The molecule has 0 rings (SSSR count). The second kappa shape index (κ2) is 13.4. The van der Waals surface area contributed by atoms with Crippen LogP contribution in [0.25, 0.3) is 0 Å². The molecular formula is C14H27NO2. The first-order valence-corrected chi connectivity index (χ1v) is 6.94. The summed E-state index contributed by atoms with van der Waals surface area (Å²) in [5.74, 6) is 0. The standard InChI is InChI=1S/C14H27NO2/c1-2-3-4-5-6-7-8-9-10-15(11-13-16)12-14-17/h13-14H,2-12H2,1H3. The van der Waals surface area contributed by atoms with E-state index >= 15 is 0 Å². The van der Waals surface area contributed by atoms with Crippen molar-refractivity contribution in [3.05, 3.63) is 0 Å². The lowest BCUT2D eigenvalue weighted by molar-refractivity contribution is -0.111. The maximum absolute atomic E-state index is 10.4. The van der Waals surface area contributed by atoms with Crippen molar-refractivity contribution in [1.29, 1.82) is 0 Å². The third kappa shape index (κ3) is 11.6. The Morgan fingerprint density at radius 2 is 1.24 bits per heavy atom. The lowest BCUT2D eigenvalue weighted by Gasteiger charge is -2.15. The van der Waals surface area contributed by atoms with Gasteiger partial charge >= 0.3 is 0 Å². The number of carbonyl (C=O) groups excluding carboxylic acids is 2. The van der Waals surface area contributed by atoms with E-state index in [2.05, 4.69) is 6.92 Å². The monoisotopic (exact) mass is 241 g/mol. The van der Waals surface area contributed by atoms with Gasteiger partial charge in [0.05, 0.1) is 13.1 Å². The fraction of sp³-hybridized carbons (Fsp3) is 0.857. The number of aldehydes is 2. The Bertz CT molecular complexity index is 173. The Labute approximate surface area is 106 Å². The zero-order chi connectivity index (χ0) is 12.8. The summed E-state index contributed by atoms with van der Waals surface area (Å²) < 4.78 is 0. The molecule has 0 amide bonds. The number of carbonyl (C=O) groups is 2. The van der Waals surface area contributed by atoms with E-state index in [1.54, 1.807) is 0 Å². The van der Waals surface area contributed by atoms with Crippen molar-refractivity contribution in [3.63, 3.8) is 0 Å². The van der Waals surface area contributed by atoms with Crippen molar-refractivity contribution < 1.29 is 9.59 Å². The molecule has 3 heteroatoms. The van der Waals surface area contributed by atoms with E-state index in [0.29, 0.717) is 13.1 Å². The third-order valence-electron chi connectivity index (χ3n) is 2.99. The third-order valence-corrected chi connectivity index (χ3v) is 2.99. The van der Waals surface area contributed by atoms with Gasteiger partial charge in [0.2, 0.25) is 0 Å². The van der Waals surface area contributed by atoms with Gasteiger partial charge in [0.25, 0.3) is 0 Å². The first kappa shape index (κ1) is 16.3. The largest absolute Gasteiger partial charge is 0.302 e. The number of rotatable bonds is 13. The summed E-state index contributed by atoms with van der Waals surface area (Å²) in [6, 6.07) is 0. The van der Waals surface area contributed by atoms with E-state index in [4.69, 9.17) is 0 Å². The van der Waals surface area contributed by atoms with Crippen LogP contribution in [0, 0.1) is 0 Å². The van der Waals surface area contributed by atoms with Gasteiger partial charge < -0.3 is 9.59 Å². The fourth-order valence-corrected chi connectivity index (χ4v) is 1.94. The molecule has 0 N–H and O–H groups in total. The van der Waals surface area contributed by atoms with Gasteiger partial charge in [-0.3, -0.25) is 4.90 Å². The molecule has 0 aliphatic heterocycles. The van der Waals surface area contributed by atoms with Crippen LogP contribution in [-0.4, -0.2) is 37.1 Å². The van der Waals surface area contributed by atoms with Gasteiger partial charge in [-0.25, -0.2) is 0 Å². The topological polar surface area (TPSA) is 37.4 Å². The van der Waals surface area contributed by atoms with Crippen LogP contribution in [-0.2, 0) is 9.59 Å². The molecule has 0 aromatic carbocycles. The lowest BCUT2D eigenvalue weighted by atomic mass is 10.1. The number of nitrogens with zero attached hydrogens (tertiary/aromatic N) is 1. The molecule has 0 aliphatic rings. The smallest absolute Gasteiger partial charge is 0.133 e. The summed E-state index contributed by atoms with van der Waals surface area (Å²) in [4.78, 5) is 22.6. The van der Waals surface area contributed by atoms with Crippen molar-refractivity contribution in [3.8, 4) is 0 Å². The van der Waals surface area contributed by atoms with Gasteiger partial charge in [-0.2, -0.15) is 0 Å². The molecule has 3 nitrogen and oxygen atoms in total. The summed E-state index contributed by atoms with van der Waals surface area (Å²) in [7, 11) is 0. The summed E-state index contributed by atoms with van der Waals surface area (Å²) >= 11 is 0. The summed E-state index contributed by atoms with van der Waals surface area (Å²) in [5.41, 5.74) is 0. The quantitative estimate of drug-likeness (QED) is 0.367. The molecule has 0 saturated heterocycles. The zero-order valence-corrected chi connectivity index (χ0v) is 11.2. The van der Waals surface area contributed by atoms with Gasteiger partial charge in [-0.15, -0.1) is 0 Å². The molecule has 17 heavy (non-hydrogen) atoms. The van der Waals surface area contributed by atoms with Crippen LogP contribution >= 0.6 is 0 Å². The minimum Gasteiger partial charge on any atom is -0.302 e. The molecule has 0 unspecified atom stereocenters. The highest BCUT2D eigenvalue weighted by molar-refractivity contribution is 5.56. The minimum atomic E-state index is 0.384. The maximum atomic E-state index is 10.4. The molecular weight excluding hydrogens is 214 g/mol. The highest BCUT2D eigenvalue weighted by Crippen LogP contribution is 2.08. The van der Waals surface area contributed by atoms with Gasteiger partial charge in [0.1, 0.15) is 12.6 Å². The number of hydrogen-bond acceptors (Lipinski definition) is 3. The number of hydrogen-bond donors (Lipinski definition) is 0. The van der Waals surface area contributed by atoms with Gasteiger partial charge in [-0.05, 0) is 13.0 Å². The average molecular weight is 241 g/mol. The van der Waals surface area contributed by atoms with Crippen molar-refractivity contribution in [2.45, 2.75) is 58.3 Å². The Morgan fingerprint density at radius 3 is 1.71 bits per heavy atom. The van der Waals surface area contributed by atoms with Crippen LogP contribution in [0.2, 0.25) is 0 Å². The molecule has 0 fully saturated rings. The number of unbranched alkanes of at least 4 members (excludes halogenated alkanes) is 7. The van der Waals surface area contributed by atoms with Crippen LogP contribution in [0.3, 0.4) is 0 Å². The van der Waals surface area contributed by atoms with Crippen LogP contribution < -0.4 is 0 Å². The molecule has 0 spiro atoms. The highest BCUT2D eigenvalue weighted by Gasteiger charge is 2.02. The predicted octanol–water partition coefficient (Wildman–Crippen LogP) is 2.83. The molecule has 0 heterocycles.